The number of hydrogen-bond acceptors (Lipinski definition) is 6. The van der Waals surface area contributed by atoms with E-state index in [0.717, 1.165) is 38.8 Å². The van der Waals surface area contributed by atoms with Gasteiger partial charge in [0.1, 0.15) is 16.9 Å². The van der Waals surface area contributed by atoms with E-state index in [1.54, 1.807) is 29.6 Å². The first kappa shape index (κ1) is 20.8. The molecule has 0 fully saturated rings. The molecule has 0 amide bonds. The Morgan fingerprint density at radius 3 is 2.47 bits per heavy atom. The number of nitrogens with zero attached hydrogens (tertiary/aromatic N) is 4. The molecule has 1 unspecified atom stereocenters. The zero-order valence-corrected chi connectivity index (χ0v) is 19.8. The average molecular weight is 463 g/mol. The second-order valence-electron chi connectivity index (χ2n) is 8.01. The molecular weight excluding hydrogens is 440 g/mol. The first-order valence-electron chi connectivity index (χ1n) is 10.3. The fourth-order valence-corrected chi connectivity index (χ4v) is 6.00. The number of carbonyl (C=O) groups is 1. The molecule has 8 heteroatoms. The van der Waals surface area contributed by atoms with Crippen molar-refractivity contribution >= 4 is 34.4 Å². The van der Waals surface area contributed by atoms with Crippen LogP contribution in [0.5, 0.6) is 0 Å². The number of aliphatic carboxylic acids is 1. The van der Waals surface area contributed by atoms with Crippen LogP contribution in [0.15, 0.2) is 46.8 Å². The molecule has 1 aliphatic heterocycles. The molecule has 0 saturated carbocycles. The quantitative estimate of drug-likeness (QED) is 0.428. The summed E-state index contributed by atoms with van der Waals surface area (Å²) in [5, 5.41) is 21.5. The van der Waals surface area contributed by atoms with Gasteiger partial charge in [-0.25, -0.2) is 0 Å². The van der Waals surface area contributed by atoms with E-state index in [2.05, 4.69) is 59.8 Å². The van der Waals surface area contributed by atoms with E-state index in [0.29, 0.717) is 5.82 Å². The van der Waals surface area contributed by atoms with Crippen molar-refractivity contribution in [1.82, 2.24) is 14.8 Å². The Bertz CT molecular complexity index is 1350. The first-order chi connectivity index (χ1) is 15.4. The number of benzene rings is 1. The van der Waals surface area contributed by atoms with E-state index in [-0.39, 0.29) is 0 Å². The maximum Gasteiger partial charge on any atom is 0.308 e. The number of aliphatic imine (C=N–C) groups is 1. The minimum absolute atomic E-state index is 0.574. The van der Waals surface area contributed by atoms with E-state index in [1.165, 1.54) is 9.75 Å². The van der Waals surface area contributed by atoms with Crippen LogP contribution in [0, 0.1) is 26.7 Å². The lowest BCUT2D eigenvalue weighted by molar-refractivity contribution is -0.141. The smallest absolute Gasteiger partial charge is 0.308 e. The van der Waals surface area contributed by atoms with Crippen LogP contribution >= 0.6 is 22.7 Å². The Morgan fingerprint density at radius 2 is 1.81 bits per heavy atom. The maximum atomic E-state index is 12.0. The summed E-state index contributed by atoms with van der Waals surface area (Å²) in [5.41, 5.74) is 5.10. The summed E-state index contributed by atoms with van der Waals surface area (Å²) in [6.07, 6.45) is 0. The van der Waals surface area contributed by atoms with Gasteiger partial charge in [0.25, 0.3) is 0 Å². The highest BCUT2D eigenvalue weighted by molar-refractivity contribution is 7.15. The summed E-state index contributed by atoms with van der Waals surface area (Å²) in [7, 11) is 0. The summed E-state index contributed by atoms with van der Waals surface area (Å²) < 4.78 is 1.99. The predicted molar refractivity (Wildman–Crippen MR) is 128 cm³/mol. The summed E-state index contributed by atoms with van der Waals surface area (Å²) in [4.78, 5) is 19.4. The topological polar surface area (TPSA) is 80.4 Å². The molecule has 32 heavy (non-hydrogen) atoms. The van der Waals surface area contributed by atoms with Gasteiger partial charge in [0.2, 0.25) is 0 Å². The summed E-state index contributed by atoms with van der Waals surface area (Å²) in [5.74, 6) is -0.343. The predicted octanol–water partition coefficient (Wildman–Crippen LogP) is 5.60. The highest BCUT2D eigenvalue weighted by atomic mass is 32.1. The molecule has 1 aromatic carbocycles. The summed E-state index contributed by atoms with van der Waals surface area (Å²) in [6.45, 7) is 7.78. The van der Waals surface area contributed by atoms with Crippen LogP contribution in [0.25, 0.3) is 15.4 Å². The van der Waals surface area contributed by atoms with Gasteiger partial charge >= 0.3 is 5.97 Å². The monoisotopic (exact) mass is 462 g/mol. The van der Waals surface area contributed by atoms with Gasteiger partial charge in [-0.05, 0) is 50.3 Å². The number of carboxylic acids is 1. The minimum Gasteiger partial charge on any atom is -0.481 e. The maximum absolute atomic E-state index is 12.0. The van der Waals surface area contributed by atoms with Crippen molar-refractivity contribution in [3.05, 3.63) is 75.0 Å². The Labute approximate surface area is 193 Å². The summed E-state index contributed by atoms with van der Waals surface area (Å²) in [6, 6.07) is 11.9. The van der Waals surface area contributed by atoms with Crippen molar-refractivity contribution in [2.24, 2.45) is 10.9 Å². The van der Waals surface area contributed by atoms with Gasteiger partial charge < -0.3 is 5.11 Å². The average Bonchev–Trinajstić information content (AvgIpc) is 3.48. The highest BCUT2D eigenvalue weighted by Crippen LogP contribution is 2.40. The highest BCUT2D eigenvalue weighted by Gasteiger charge is 2.36. The third-order valence-electron chi connectivity index (χ3n) is 6.02. The van der Waals surface area contributed by atoms with E-state index in [9.17, 15) is 9.90 Å². The van der Waals surface area contributed by atoms with Crippen LogP contribution in [0.3, 0.4) is 0 Å². The molecule has 6 nitrogen and oxygen atoms in total. The summed E-state index contributed by atoms with van der Waals surface area (Å²) >= 11 is 3.37. The van der Waals surface area contributed by atoms with Crippen LogP contribution in [-0.2, 0) is 4.79 Å². The Morgan fingerprint density at radius 1 is 1.09 bits per heavy atom. The van der Waals surface area contributed by atoms with Gasteiger partial charge in [0.15, 0.2) is 5.82 Å². The van der Waals surface area contributed by atoms with Crippen molar-refractivity contribution in [3.8, 4) is 15.4 Å². The molecule has 0 aliphatic carbocycles. The van der Waals surface area contributed by atoms with E-state index < -0.39 is 17.9 Å². The number of fused-ring (bicyclic) bond motifs is 3. The Hall–Kier alpha value is -3.10. The third-order valence-corrected chi connectivity index (χ3v) is 8.13. The molecule has 3 aromatic heterocycles. The SMILES string of the molecule is Cc1sc2c(c1C)C(c1ccc(-c3cccs3)cc1)=N[C@@H](C(C)C(=O)O)c1nnc(C)n1-2. The molecule has 0 radical (unpaired) electrons. The number of carboxylic acid groups (broad SMARTS) is 1. The van der Waals surface area contributed by atoms with Crippen LogP contribution in [0.1, 0.15) is 46.2 Å². The minimum atomic E-state index is -0.906. The second-order valence-corrected chi connectivity index (χ2v) is 10.2. The normalized spacial score (nSPS) is 16.1. The number of rotatable bonds is 4. The van der Waals surface area contributed by atoms with Gasteiger partial charge in [0, 0.05) is 20.9 Å². The van der Waals surface area contributed by atoms with Crippen molar-refractivity contribution in [2.75, 3.05) is 0 Å². The van der Waals surface area contributed by atoms with Crippen LogP contribution < -0.4 is 0 Å². The van der Waals surface area contributed by atoms with Crippen LogP contribution in [0.2, 0.25) is 0 Å². The lowest BCUT2D eigenvalue weighted by atomic mass is 9.97. The number of thiophene rings is 2. The zero-order valence-electron chi connectivity index (χ0n) is 18.2. The number of aromatic nitrogens is 3. The van der Waals surface area contributed by atoms with Crippen molar-refractivity contribution in [1.29, 1.82) is 0 Å². The molecule has 4 aromatic rings. The van der Waals surface area contributed by atoms with Gasteiger partial charge in [-0.1, -0.05) is 30.3 Å². The lowest BCUT2D eigenvalue weighted by Crippen LogP contribution is -2.21. The Balaban J connectivity index is 1.74. The third kappa shape index (κ3) is 3.22. The van der Waals surface area contributed by atoms with Gasteiger partial charge in [-0.2, -0.15) is 0 Å². The van der Waals surface area contributed by atoms with E-state index in [1.807, 2.05) is 17.6 Å². The fourth-order valence-electron chi connectivity index (χ4n) is 4.05. The Kier molecular flexibility index (Phi) is 5.06. The molecule has 0 saturated heterocycles. The standard InChI is InChI=1S/C24H22N4O2S2/c1-12-14(3)32-23-19(12)21(17-9-7-16(8-10-17)18-6-5-11-31-18)25-20(13(2)24(29)30)22-27-26-15(4)28(22)23/h5-11,13,20H,1-4H3,(H,29,30)/t13?,20-/m0/s1. The number of aryl methyl sites for hydroxylation is 2. The molecule has 5 rings (SSSR count). The van der Waals surface area contributed by atoms with Crippen LogP contribution in [-0.4, -0.2) is 31.6 Å². The molecule has 0 bridgehead atoms. The molecule has 1 aliphatic rings. The zero-order chi connectivity index (χ0) is 22.6. The number of hydrogen-bond donors (Lipinski definition) is 1. The van der Waals surface area contributed by atoms with Crippen molar-refractivity contribution < 1.29 is 9.90 Å². The molecule has 4 heterocycles. The largest absolute Gasteiger partial charge is 0.481 e. The van der Waals surface area contributed by atoms with Gasteiger partial charge in [-0.3, -0.25) is 14.4 Å². The molecular formula is C24H22N4O2S2. The first-order valence-corrected chi connectivity index (χ1v) is 12.0. The van der Waals surface area contributed by atoms with Gasteiger partial charge in [0.05, 0.1) is 11.6 Å². The van der Waals surface area contributed by atoms with Crippen molar-refractivity contribution in [3.63, 3.8) is 0 Å². The van der Waals surface area contributed by atoms with Crippen molar-refractivity contribution in [2.45, 2.75) is 33.7 Å². The van der Waals surface area contributed by atoms with Crippen LogP contribution in [0.4, 0.5) is 0 Å². The second kappa shape index (κ2) is 7.79. The molecule has 162 valence electrons. The molecule has 1 N–H and O–H groups in total. The molecule has 0 spiro atoms. The molecule has 2 atom stereocenters. The van der Waals surface area contributed by atoms with Gasteiger partial charge in [-0.15, -0.1) is 32.9 Å². The van der Waals surface area contributed by atoms with E-state index >= 15 is 0 Å². The lowest BCUT2D eigenvalue weighted by Gasteiger charge is -2.16. The fraction of sp³-hybridized carbons (Fsp3) is 0.250. The van der Waals surface area contributed by atoms with E-state index in [4.69, 9.17) is 4.99 Å².